The summed E-state index contributed by atoms with van der Waals surface area (Å²) < 4.78 is 17.8. The van der Waals surface area contributed by atoms with E-state index in [4.69, 9.17) is 24.4 Å². The predicted octanol–water partition coefficient (Wildman–Crippen LogP) is 8.38. The summed E-state index contributed by atoms with van der Waals surface area (Å²) in [6.07, 6.45) is 28.7. The average Bonchev–Trinajstić information content (AvgIpc) is 2.90. The number of unbranched alkanes of at least 4 members (excludes halogenated alkanes) is 18. The molecule has 2 unspecified atom stereocenters. The predicted molar refractivity (Wildman–Crippen MR) is 157 cm³/mol. The third-order valence-electron chi connectivity index (χ3n) is 7.22. The van der Waals surface area contributed by atoms with Gasteiger partial charge in [-0.3, -0.25) is 0 Å². The van der Waals surface area contributed by atoms with Gasteiger partial charge in [-0.25, -0.2) is 0 Å². The summed E-state index contributed by atoms with van der Waals surface area (Å²) in [6, 6.07) is 0. The van der Waals surface area contributed by atoms with Crippen LogP contribution in [-0.2, 0) is 14.2 Å². The number of hydrogen-bond acceptors (Lipinski definition) is 5. The maximum atomic E-state index is 9.12. The number of aliphatic hydroxyl groups is 2. The normalized spacial score (nSPS) is 13.3. The maximum Gasteiger partial charge on any atom is 0.0813 e. The van der Waals surface area contributed by atoms with Crippen molar-refractivity contribution in [3.05, 3.63) is 0 Å². The van der Waals surface area contributed by atoms with Crippen LogP contribution in [0.1, 0.15) is 155 Å². The molecule has 0 heterocycles. The molecule has 5 nitrogen and oxygen atoms in total. The van der Waals surface area contributed by atoms with Crippen LogP contribution in [0.25, 0.3) is 0 Å². The van der Waals surface area contributed by atoms with Gasteiger partial charge < -0.3 is 24.4 Å². The molecule has 0 aromatic carbocycles. The fourth-order valence-corrected chi connectivity index (χ4v) is 4.93. The van der Waals surface area contributed by atoms with E-state index in [2.05, 4.69) is 13.8 Å². The Morgan fingerprint density at radius 3 is 1.03 bits per heavy atom. The SMILES string of the molecule is CCCCCCCCCCCCC(COCCO)OC(CCCCCCCCCCCC)COCCO. The van der Waals surface area contributed by atoms with Crippen molar-refractivity contribution in [1.82, 2.24) is 0 Å². The molecule has 2 N–H and O–H groups in total. The van der Waals surface area contributed by atoms with Gasteiger partial charge in [-0.1, -0.05) is 142 Å². The molecule has 0 aromatic heterocycles. The van der Waals surface area contributed by atoms with Gasteiger partial charge in [0.05, 0.1) is 51.8 Å². The van der Waals surface area contributed by atoms with E-state index in [0.717, 1.165) is 25.7 Å². The van der Waals surface area contributed by atoms with Crippen LogP contribution in [0.5, 0.6) is 0 Å². The molecular formula is C32H66O5. The first-order valence-corrected chi connectivity index (χ1v) is 16.3. The van der Waals surface area contributed by atoms with Gasteiger partial charge >= 0.3 is 0 Å². The first-order valence-electron chi connectivity index (χ1n) is 16.3. The second-order valence-electron chi connectivity index (χ2n) is 10.9. The first-order chi connectivity index (χ1) is 18.3. The summed E-state index contributed by atoms with van der Waals surface area (Å²) in [7, 11) is 0. The number of aliphatic hydroxyl groups excluding tert-OH is 2. The highest BCUT2D eigenvalue weighted by Gasteiger charge is 2.17. The molecule has 224 valence electrons. The number of rotatable bonds is 32. The van der Waals surface area contributed by atoms with Gasteiger partial charge in [-0.05, 0) is 12.8 Å². The van der Waals surface area contributed by atoms with E-state index in [0.29, 0.717) is 26.4 Å². The second kappa shape index (κ2) is 32.0. The Morgan fingerprint density at radius 2 is 0.730 bits per heavy atom. The molecule has 0 aliphatic carbocycles. The average molecular weight is 531 g/mol. The maximum absolute atomic E-state index is 9.12. The van der Waals surface area contributed by atoms with Crippen LogP contribution < -0.4 is 0 Å². The lowest BCUT2D eigenvalue weighted by molar-refractivity contribution is -0.0954. The lowest BCUT2D eigenvalue weighted by Crippen LogP contribution is -2.30. The van der Waals surface area contributed by atoms with Gasteiger partial charge in [-0.2, -0.15) is 0 Å². The van der Waals surface area contributed by atoms with Gasteiger partial charge in [0.25, 0.3) is 0 Å². The van der Waals surface area contributed by atoms with Crippen molar-refractivity contribution in [2.45, 2.75) is 167 Å². The molecule has 0 fully saturated rings. The zero-order valence-electron chi connectivity index (χ0n) is 25.1. The summed E-state index contributed by atoms with van der Waals surface area (Å²) in [5.41, 5.74) is 0. The molecule has 0 bridgehead atoms. The van der Waals surface area contributed by atoms with Crippen LogP contribution in [0.2, 0.25) is 0 Å². The number of hydrogen-bond donors (Lipinski definition) is 2. The fraction of sp³-hybridized carbons (Fsp3) is 1.00. The zero-order valence-corrected chi connectivity index (χ0v) is 25.1. The summed E-state index contributed by atoms with van der Waals surface area (Å²) >= 11 is 0. The van der Waals surface area contributed by atoms with Crippen molar-refractivity contribution in [3.63, 3.8) is 0 Å². The van der Waals surface area contributed by atoms with Crippen LogP contribution in [0, 0.1) is 0 Å². The molecule has 0 aliphatic heterocycles. The van der Waals surface area contributed by atoms with Gasteiger partial charge in [0.15, 0.2) is 0 Å². The largest absolute Gasteiger partial charge is 0.394 e. The quantitative estimate of drug-likeness (QED) is 0.0855. The molecule has 0 aliphatic rings. The van der Waals surface area contributed by atoms with Crippen LogP contribution in [0.4, 0.5) is 0 Å². The Bertz CT molecular complexity index is 371. The van der Waals surface area contributed by atoms with E-state index in [-0.39, 0.29) is 25.4 Å². The van der Waals surface area contributed by atoms with Crippen LogP contribution in [-0.4, -0.2) is 62.1 Å². The Hall–Kier alpha value is -0.200. The zero-order chi connectivity index (χ0) is 27.1. The molecule has 0 saturated carbocycles. The monoisotopic (exact) mass is 530 g/mol. The Kier molecular flexibility index (Phi) is 31.8. The molecule has 0 rings (SSSR count). The van der Waals surface area contributed by atoms with E-state index in [1.165, 1.54) is 116 Å². The molecule has 5 heteroatoms. The first kappa shape index (κ1) is 36.8. The minimum absolute atomic E-state index is 0.0476. The highest BCUT2D eigenvalue weighted by atomic mass is 16.6. The summed E-state index contributed by atoms with van der Waals surface area (Å²) in [5.74, 6) is 0. The second-order valence-corrected chi connectivity index (χ2v) is 10.9. The minimum Gasteiger partial charge on any atom is -0.394 e. The van der Waals surface area contributed by atoms with Crippen molar-refractivity contribution >= 4 is 0 Å². The fourth-order valence-electron chi connectivity index (χ4n) is 4.93. The molecular weight excluding hydrogens is 464 g/mol. The van der Waals surface area contributed by atoms with Crippen molar-refractivity contribution in [2.24, 2.45) is 0 Å². The van der Waals surface area contributed by atoms with E-state index in [1.807, 2.05) is 0 Å². The topological polar surface area (TPSA) is 68.2 Å². The lowest BCUT2D eigenvalue weighted by Gasteiger charge is -2.25. The standard InChI is InChI=1S/C32H66O5/c1-3-5-7-9-11-13-15-17-19-21-23-31(29-35-27-25-33)37-32(30-36-28-26-34)24-22-20-18-16-14-12-10-8-6-4-2/h31-34H,3-30H2,1-2H3. The molecule has 37 heavy (non-hydrogen) atoms. The van der Waals surface area contributed by atoms with Crippen LogP contribution in [0.3, 0.4) is 0 Å². The van der Waals surface area contributed by atoms with Crippen molar-refractivity contribution in [1.29, 1.82) is 0 Å². The number of ether oxygens (including phenoxy) is 3. The van der Waals surface area contributed by atoms with E-state index in [9.17, 15) is 0 Å². The van der Waals surface area contributed by atoms with Gasteiger partial charge in [0.2, 0.25) is 0 Å². The van der Waals surface area contributed by atoms with Crippen LogP contribution in [0.15, 0.2) is 0 Å². The third-order valence-corrected chi connectivity index (χ3v) is 7.22. The van der Waals surface area contributed by atoms with Crippen molar-refractivity contribution in [2.75, 3.05) is 39.6 Å². The van der Waals surface area contributed by atoms with E-state index < -0.39 is 0 Å². The highest BCUT2D eigenvalue weighted by Crippen LogP contribution is 2.18. The lowest BCUT2D eigenvalue weighted by atomic mass is 10.0. The molecule has 0 spiro atoms. The van der Waals surface area contributed by atoms with Gasteiger partial charge in [-0.15, -0.1) is 0 Å². The van der Waals surface area contributed by atoms with Gasteiger partial charge in [0, 0.05) is 0 Å². The molecule has 2 atom stereocenters. The Balaban J connectivity index is 4.24. The molecule has 0 amide bonds. The Morgan fingerprint density at radius 1 is 0.432 bits per heavy atom. The highest BCUT2D eigenvalue weighted by molar-refractivity contribution is 4.66. The van der Waals surface area contributed by atoms with E-state index >= 15 is 0 Å². The smallest absolute Gasteiger partial charge is 0.0813 e. The molecule has 0 radical (unpaired) electrons. The molecule has 0 aromatic rings. The van der Waals surface area contributed by atoms with Crippen molar-refractivity contribution < 1.29 is 24.4 Å². The summed E-state index contributed by atoms with van der Waals surface area (Å²) in [6.45, 7) is 6.44. The summed E-state index contributed by atoms with van der Waals surface area (Å²) in [5, 5.41) is 18.2. The van der Waals surface area contributed by atoms with Gasteiger partial charge in [0.1, 0.15) is 0 Å². The Labute approximate surface area is 231 Å². The third kappa shape index (κ3) is 28.6. The van der Waals surface area contributed by atoms with Crippen molar-refractivity contribution in [3.8, 4) is 0 Å². The summed E-state index contributed by atoms with van der Waals surface area (Å²) in [4.78, 5) is 0. The van der Waals surface area contributed by atoms with Crippen LogP contribution >= 0.6 is 0 Å². The minimum atomic E-state index is 0.0476. The van der Waals surface area contributed by atoms with E-state index in [1.54, 1.807) is 0 Å². The molecule has 0 saturated heterocycles.